The van der Waals surface area contributed by atoms with Crippen molar-refractivity contribution in [1.29, 1.82) is 0 Å². The van der Waals surface area contributed by atoms with E-state index in [2.05, 4.69) is 5.32 Å². The molecule has 3 aromatic rings. The largest absolute Gasteiger partial charge is 0.416 e. The van der Waals surface area contributed by atoms with Crippen molar-refractivity contribution < 1.29 is 26.4 Å². The summed E-state index contributed by atoms with van der Waals surface area (Å²) in [5, 5.41) is 3.52. The molecule has 0 fully saturated rings. The average Bonchev–Trinajstić information content (AvgIpc) is 2.61. The van der Waals surface area contributed by atoms with Crippen LogP contribution in [0.2, 0.25) is 5.02 Å². The third-order valence-corrected chi connectivity index (χ3v) is 5.91. The molecule has 0 unspecified atom stereocenters. The molecule has 0 heterocycles. The van der Waals surface area contributed by atoms with Crippen LogP contribution in [-0.4, -0.2) is 20.1 Å². The Morgan fingerprint density at radius 1 is 0.964 bits per heavy atom. The maximum absolute atomic E-state index is 12.8. The standard InChI is InChI=1S/C19H13ClF3NO3S/c20-16-8-6-14(19(21,22)23)10-17(16)24-18(25)11-28(26,27)15-7-5-12-3-1-2-4-13(12)9-15/h1-10H,11H2,(H,24,25). The van der Waals surface area contributed by atoms with E-state index in [9.17, 15) is 26.4 Å². The van der Waals surface area contributed by atoms with Crippen molar-refractivity contribution in [3.05, 3.63) is 71.2 Å². The zero-order chi connectivity index (χ0) is 20.5. The first-order chi connectivity index (χ1) is 13.1. The Morgan fingerprint density at radius 2 is 1.64 bits per heavy atom. The number of halogens is 4. The normalized spacial score (nSPS) is 12.1. The fourth-order valence-electron chi connectivity index (χ4n) is 2.60. The van der Waals surface area contributed by atoms with Gasteiger partial charge in [0.25, 0.3) is 0 Å². The van der Waals surface area contributed by atoms with Crippen LogP contribution in [0.5, 0.6) is 0 Å². The molecule has 0 aromatic heterocycles. The molecule has 146 valence electrons. The van der Waals surface area contributed by atoms with Crippen molar-refractivity contribution in [1.82, 2.24) is 0 Å². The number of anilines is 1. The van der Waals surface area contributed by atoms with Gasteiger partial charge in [-0.2, -0.15) is 13.2 Å². The molecule has 1 amide bonds. The molecule has 0 saturated heterocycles. The van der Waals surface area contributed by atoms with Crippen LogP contribution < -0.4 is 5.32 Å². The minimum atomic E-state index is -4.62. The highest BCUT2D eigenvalue weighted by molar-refractivity contribution is 7.92. The van der Waals surface area contributed by atoms with Gasteiger partial charge in [-0.3, -0.25) is 4.79 Å². The third-order valence-electron chi connectivity index (χ3n) is 3.97. The van der Waals surface area contributed by atoms with E-state index in [1.165, 1.54) is 12.1 Å². The monoisotopic (exact) mass is 427 g/mol. The van der Waals surface area contributed by atoms with Crippen LogP contribution in [0.4, 0.5) is 18.9 Å². The molecule has 3 aromatic carbocycles. The van der Waals surface area contributed by atoms with Gasteiger partial charge in [0.05, 0.1) is 21.2 Å². The second-order valence-corrected chi connectivity index (χ2v) is 8.41. The lowest BCUT2D eigenvalue weighted by molar-refractivity contribution is -0.137. The minimum absolute atomic E-state index is 0.0588. The van der Waals surface area contributed by atoms with Crippen LogP contribution in [0, 0.1) is 0 Å². The summed E-state index contributed by atoms with van der Waals surface area (Å²) in [5.41, 5.74) is -1.32. The average molecular weight is 428 g/mol. The van der Waals surface area contributed by atoms with Crippen LogP contribution in [0.25, 0.3) is 10.8 Å². The lowest BCUT2D eigenvalue weighted by atomic mass is 10.1. The first-order valence-electron chi connectivity index (χ1n) is 7.94. The van der Waals surface area contributed by atoms with E-state index in [-0.39, 0.29) is 15.6 Å². The van der Waals surface area contributed by atoms with Crippen LogP contribution in [0.1, 0.15) is 5.56 Å². The number of rotatable bonds is 4. The highest BCUT2D eigenvalue weighted by Gasteiger charge is 2.31. The zero-order valence-electron chi connectivity index (χ0n) is 14.1. The van der Waals surface area contributed by atoms with Gasteiger partial charge in [0, 0.05) is 0 Å². The second kappa shape index (κ2) is 7.44. The molecule has 0 atom stereocenters. The number of carbonyl (C=O) groups excluding carboxylic acids is 1. The molecular formula is C19H13ClF3NO3S. The van der Waals surface area contributed by atoms with Crippen molar-refractivity contribution in [2.45, 2.75) is 11.1 Å². The Hall–Kier alpha value is -2.58. The minimum Gasteiger partial charge on any atom is -0.324 e. The molecule has 1 N–H and O–H groups in total. The van der Waals surface area contributed by atoms with E-state index < -0.39 is 33.2 Å². The van der Waals surface area contributed by atoms with E-state index in [1.54, 1.807) is 18.2 Å². The van der Waals surface area contributed by atoms with Gasteiger partial charge in [0.1, 0.15) is 5.75 Å². The number of hydrogen-bond donors (Lipinski definition) is 1. The highest BCUT2D eigenvalue weighted by atomic mass is 35.5. The van der Waals surface area contributed by atoms with Crippen molar-refractivity contribution in [3.8, 4) is 0 Å². The van der Waals surface area contributed by atoms with Gasteiger partial charge in [-0.05, 0) is 41.1 Å². The van der Waals surface area contributed by atoms with Gasteiger partial charge in [-0.25, -0.2) is 8.42 Å². The Bertz CT molecular complexity index is 1160. The highest BCUT2D eigenvalue weighted by Crippen LogP contribution is 2.33. The third kappa shape index (κ3) is 4.45. The molecule has 0 spiro atoms. The first kappa shape index (κ1) is 20.2. The number of sulfone groups is 1. The maximum Gasteiger partial charge on any atom is 0.416 e. The van der Waals surface area contributed by atoms with Crippen LogP contribution >= 0.6 is 11.6 Å². The fraction of sp³-hybridized carbons (Fsp3) is 0.105. The number of nitrogens with one attached hydrogen (secondary N) is 1. The van der Waals surface area contributed by atoms with Gasteiger partial charge in [-0.1, -0.05) is 41.9 Å². The summed E-state index contributed by atoms with van der Waals surface area (Å²) in [4.78, 5) is 12.1. The number of amides is 1. The Morgan fingerprint density at radius 3 is 2.32 bits per heavy atom. The molecular weight excluding hydrogens is 415 g/mol. The fourth-order valence-corrected chi connectivity index (χ4v) is 3.93. The summed E-state index contributed by atoms with van der Waals surface area (Å²) in [6.45, 7) is 0. The summed E-state index contributed by atoms with van der Waals surface area (Å²) < 4.78 is 63.4. The van der Waals surface area contributed by atoms with Gasteiger partial charge in [-0.15, -0.1) is 0 Å². The molecule has 0 bridgehead atoms. The molecule has 9 heteroatoms. The lowest BCUT2D eigenvalue weighted by Crippen LogP contribution is -2.23. The predicted molar refractivity (Wildman–Crippen MR) is 101 cm³/mol. The Labute approximate surface area is 163 Å². The predicted octanol–water partition coefficient (Wildman–Crippen LogP) is 4.92. The molecule has 0 aliphatic heterocycles. The summed E-state index contributed by atoms with van der Waals surface area (Å²) in [7, 11) is -4.00. The number of hydrogen-bond acceptors (Lipinski definition) is 3. The molecule has 0 saturated carbocycles. The van der Waals surface area contributed by atoms with E-state index >= 15 is 0 Å². The summed E-state index contributed by atoms with van der Waals surface area (Å²) in [6.07, 6.45) is -4.62. The van der Waals surface area contributed by atoms with E-state index in [4.69, 9.17) is 11.6 Å². The molecule has 4 nitrogen and oxygen atoms in total. The molecule has 0 radical (unpaired) electrons. The van der Waals surface area contributed by atoms with Crippen molar-refractivity contribution in [2.75, 3.05) is 11.1 Å². The first-order valence-corrected chi connectivity index (χ1v) is 9.97. The van der Waals surface area contributed by atoms with E-state index in [0.29, 0.717) is 11.5 Å². The lowest BCUT2D eigenvalue weighted by Gasteiger charge is -2.12. The molecule has 0 aliphatic rings. The number of benzene rings is 3. The van der Waals surface area contributed by atoms with E-state index in [0.717, 1.165) is 17.5 Å². The van der Waals surface area contributed by atoms with Crippen molar-refractivity contribution in [2.24, 2.45) is 0 Å². The maximum atomic E-state index is 12.8. The summed E-state index contributed by atoms with van der Waals surface area (Å²) >= 11 is 5.81. The summed E-state index contributed by atoms with van der Waals surface area (Å²) in [5.74, 6) is -1.92. The quantitative estimate of drug-likeness (QED) is 0.642. The van der Waals surface area contributed by atoms with Gasteiger partial charge in [0.2, 0.25) is 5.91 Å². The summed E-state index contributed by atoms with van der Waals surface area (Å²) in [6, 6.07) is 13.9. The van der Waals surface area contributed by atoms with Crippen molar-refractivity contribution >= 4 is 43.8 Å². The van der Waals surface area contributed by atoms with Crippen molar-refractivity contribution in [3.63, 3.8) is 0 Å². The van der Waals surface area contributed by atoms with Gasteiger partial charge >= 0.3 is 6.18 Å². The number of carbonyl (C=O) groups is 1. The zero-order valence-corrected chi connectivity index (χ0v) is 15.7. The van der Waals surface area contributed by atoms with Gasteiger partial charge < -0.3 is 5.32 Å². The molecule has 3 rings (SSSR count). The Kier molecular flexibility index (Phi) is 5.36. The van der Waals surface area contributed by atoms with Crippen LogP contribution in [-0.2, 0) is 20.8 Å². The molecule has 28 heavy (non-hydrogen) atoms. The van der Waals surface area contributed by atoms with E-state index in [1.807, 2.05) is 12.1 Å². The van der Waals surface area contributed by atoms with Crippen LogP contribution in [0.3, 0.4) is 0 Å². The van der Waals surface area contributed by atoms with Gasteiger partial charge in [0.15, 0.2) is 9.84 Å². The number of alkyl halides is 3. The number of fused-ring (bicyclic) bond motifs is 1. The van der Waals surface area contributed by atoms with Crippen LogP contribution in [0.15, 0.2) is 65.6 Å². The second-order valence-electron chi connectivity index (χ2n) is 6.01. The SMILES string of the molecule is O=C(CS(=O)(=O)c1ccc2ccccc2c1)Nc1cc(C(F)(F)F)ccc1Cl. The topological polar surface area (TPSA) is 63.2 Å². The Balaban J connectivity index is 1.82. The smallest absolute Gasteiger partial charge is 0.324 e. The molecule has 0 aliphatic carbocycles.